The molecule has 1 unspecified atom stereocenters. The highest BCUT2D eigenvalue weighted by Crippen LogP contribution is 2.11. The van der Waals surface area contributed by atoms with Gasteiger partial charge in [0.1, 0.15) is 0 Å². The van der Waals surface area contributed by atoms with E-state index in [0.29, 0.717) is 5.56 Å². The molecule has 96 valence electrons. The van der Waals surface area contributed by atoms with Gasteiger partial charge in [0.15, 0.2) is 6.10 Å². The summed E-state index contributed by atoms with van der Waals surface area (Å²) >= 11 is 0. The molecule has 0 fully saturated rings. The molecule has 0 bridgehead atoms. The van der Waals surface area contributed by atoms with Crippen LogP contribution in [-0.2, 0) is 19.1 Å². The SMILES string of the molecule is COC(=O)C(C)OC(=Cc1ccccc1)C(=O)O. The number of rotatable bonds is 5. The van der Waals surface area contributed by atoms with Crippen molar-refractivity contribution in [2.75, 3.05) is 7.11 Å². The maximum atomic E-state index is 11.2. The Kier molecular flexibility index (Phi) is 4.92. The third kappa shape index (κ3) is 3.93. The Morgan fingerprint density at radius 1 is 1.28 bits per heavy atom. The fourth-order valence-corrected chi connectivity index (χ4v) is 1.25. The summed E-state index contributed by atoms with van der Waals surface area (Å²) in [5.41, 5.74) is 0.673. The fraction of sp³-hybridized carbons (Fsp3) is 0.231. The van der Waals surface area contributed by atoms with Gasteiger partial charge in [-0.3, -0.25) is 0 Å². The van der Waals surface area contributed by atoms with E-state index >= 15 is 0 Å². The number of esters is 1. The van der Waals surface area contributed by atoms with Crippen LogP contribution in [0.4, 0.5) is 0 Å². The molecule has 1 aromatic rings. The van der Waals surface area contributed by atoms with Crippen LogP contribution < -0.4 is 0 Å². The maximum Gasteiger partial charge on any atom is 0.371 e. The van der Waals surface area contributed by atoms with Crippen molar-refractivity contribution in [1.29, 1.82) is 0 Å². The number of carboxylic acids is 1. The fourth-order valence-electron chi connectivity index (χ4n) is 1.25. The summed E-state index contributed by atoms with van der Waals surface area (Å²) < 4.78 is 9.51. The van der Waals surface area contributed by atoms with Crippen molar-refractivity contribution in [2.45, 2.75) is 13.0 Å². The minimum atomic E-state index is -1.24. The Morgan fingerprint density at radius 2 is 1.89 bits per heavy atom. The molecule has 0 saturated carbocycles. The molecular weight excluding hydrogens is 236 g/mol. The van der Waals surface area contributed by atoms with Crippen LogP contribution in [0.2, 0.25) is 0 Å². The van der Waals surface area contributed by atoms with Gasteiger partial charge < -0.3 is 14.6 Å². The molecule has 0 amide bonds. The smallest absolute Gasteiger partial charge is 0.371 e. The molecule has 0 aliphatic carbocycles. The van der Waals surface area contributed by atoms with Crippen molar-refractivity contribution in [3.63, 3.8) is 0 Å². The zero-order chi connectivity index (χ0) is 13.5. The van der Waals surface area contributed by atoms with E-state index in [-0.39, 0.29) is 5.76 Å². The summed E-state index contributed by atoms with van der Waals surface area (Å²) in [6.45, 7) is 1.42. The van der Waals surface area contributed by atoms with Gasteiger partial charge in [-0.15, -0.1) is 0 Å². The number of carbonyl (C=O) groups is 2. The summed E-state index contributed by atoms with van der Waals surface area (Å²) in [7, 11) is 1.21. The summed E-state index contributed by atoms with van der Waals surface area (Å²) in [4.78, 5) is 22.2. The Hall–Kier alpha value is -2.30. The third-order valence-corrected chi connectivity index (χ3v) is 2.14. The Bertz CT molecular complexity index is 450. The van der Waals surface area contributed by atoms with Crippen LogP contribution in [0.3, 0.4) is 0 Å². The van der Waals surface area contributed by atoms with Crippen molar-refractivity contribution in [3.8, 4) is 0 Å². The number of carboxylic acid groups (broad SMARTS) is 1. The average molecular weight is 250 g/mol. The molecule has 18 heavy (non-hydrogen) atoms. The van der Waals surface area contributed by atoms with E-state index in [0.717, 1.165) is 0 Å². The average Bonchev–Trinajstić information content (AvgIpc) is 2.37. The van der Waals surface area contributed by atoms with Crippen molar-refractivity contribution < 1.29 is 24.2 Å². The zero-order valence-corrected chi connectivity index (χ0v) is 10.1. The molecular formula is C13H14O5. The monoisotopic (exact) mass is 250 g/mol. The molecule has 0 aliphatic rings. The summed E-state index contributed by atoms with van der Waals surface area (Å²) in [5.74, 6) is -2.18. The van der Waals surface area contributed by atoms with Gasteiger partial charge in [0.25, 0.3) is 0 Å². The number of methoxy groups -OCH3 is 1. The van der Waals surface area contributed by atoms with Crippen LogP contribution in [-0.4, -0.2) is 30.3 Å². The number of ether oxygens (including phenoxy) is 2. The highest BCUT2D eigenvalue weighted by molar-refractivity contribution is 5.90. The van der Waals surface area contributed by atoms with Crippen LogP contribution in [0.15, 0.2) is 36.1 Å². The molecule has 1 aromatic carbocycles. The molecule has 0 heterocycles. The molecule has 1 N–H and O–H groups in total. The first-order valence-corrected chi connectivity index (χ1v) is 5.29. The van der Waals surface area contributed by atoms with E-state index in [4.69, 9.17) is 9.84 Å². The lowest BCUT2D eigenvalue weighted by atomic mass is 10.2. The third-order valence-electron chi connectivity index (χ3n) is 2.14. The van der Waals surface area contributed by atoms with Gasteiger partial charge >= 0.3 is 11.9 Å². The minimum absolute atomic E-state index is 0.306. The lowest BCUT2D eigenvalue weighted by molar-refractivity contribution is -0.152. The molecule has 0 aromatic heterocycles. The lowest BCUT2D eigenvalue weighted by Gasteiger charge is -2.12. The first-order chi connectivity index (χ1) is 8.54. The second-order valence-corrected chi connectivity index (χ2v) is 3.51. The Balaban J connectivity index is 2.88. The van der Waals surface area contributed by atoms with Crippen molar-refractivity contribution >= 4 is 18.0 Å². The van der Waals surface area contributed by atoms with Gasteiger partial charge in [-0.05, 0) is 18.6 Å². The van der Waals surface area contributed by atoms with Gasteiger partial charge in [-0.1, -0.05) is 30.3 Å². The number of hydrogen-bond acceptors (Lipinski definition) is 4. The van der Waals surface area contributed by atoms with Crippen LogP contribution in [0.1, 0.15) is 12.5 Å². The topological polar surface area (TPSA) is 72.8 Å². The summed E-state index contributed by atoms with van der Waals surface area (Å²) in [6.07, 6.45) is 0.378. The number of carbonyl (C=O) groups excluding carboxylic acids is 1. The maximum absolute atomic E-state index is 11.2. The van der Waals surface area contributed by atoms with Gasteiger partial charge in [0.05, 0.1) is 7.11 Å². The Morgan fingerprint density at radius 3 is 2.39 bits per heavy atom. The van der Waals surface area contributed by atoms with Crippen molar-refractivity contribution in [1.82, 2.24) is 0 Å². The number of aliphatic carboxylic acids is 1. The largest absolute Gasteiger partial charge is 0.475 e. The van der Waals surface area contributed by atoms with Gasteiger partial charge in [0, 0.05) is 0 Å². The van der Waals surface area contributed by atoms with Crippen LogP contribution in [0.25, 0.3) is 6.08 Å². The molecule has 1 atom stereocenters. The van der Waals surface area contributed by atoms with Gasteiger partial charge in [0.2, 0.25) is 5.76 Å². The van der Waals surface area contributed by atoms with E-state index in [2.05, 4.69) is 4.74 Å². The second-order valence-electron chi connectivity index (χ2n) is 3.51. The Labute approximate surface area is 105 Å². The molecule has 0 spiro atoms. The van der Waals surface area contributed by atoms with Crippen molar-refractivity contribution in [2.24, 2.45) is 0 Å². The second kappa shape index (κ2) is 6.44. The summed E-state index contributed by atoms with van der Waals surface area (Å²) in [6, 6.07) is 8.82. The highest BCUT2D eigenvalue weighted by atomic mass is 16.6. The number of hydrogen-bond donors (Lipinski definition) is 1. The molecule has 5 nitrogen and oxygen atoms in total. The van der Waals surface area contributed by atoms with E-state index in [9.17, 15) is 9.59 Å². The van der Waals surface area contributed by atoms with Gasteiger partial charge in [-0.2, -0.15) is 0 Å². The number of benzene rings is 1. The standard InChI is InChI=1S/C13H14O5/c1-9(13(16)17-2)18-11(12(14)15)8-10-6-4-3-5-7-10/h3-9H,1-2H3,(H,14,15). The minimum Gasteiger partial charge on any atom is -0.475 e. The van der Waals surface area contributed by atoms with E-state index in [1.807, 2.05) is 6.07 Å². The van der Waals surface area contributed by atoms with Crippen LogP contribution in [0, 0.1) is 0 Å². The molecule has 1 rings (SSSR count). The first kappa shape index (κ1) is 13.8. The van der Waals surface area contributed by atoms with E-state index in [1.165, 1.54) is 20.1 Å². The quantitative estimate of drug-likeness (QED) is 0.489. The predicted molar refractivity (Wildman–Crippen MR) is 64.6 cm³/mol. The molecule has 0 saturated heterocycles. The highest BCUT2D eigenvalue weighted by Gasteiger charge is 2.19. The first-order valence-electron chi connectivity index (χ1n) is 5.29. The van der Waals surface area contributed by atoms with Crippen LogP contribution in [0.5, 0.6) is 0 Å². The van der Waals surface area contributed by atoms with Crippen molar-refractivity contribution in [3.05, 3.63) is 41.7 Å². The van der Waals surface area contributed by atoms with E-state index in [1.54, 1.807) is 24.3 Å². The molecule has 0 aliphatic heterocycles. The molecule has 0 radical (unpaired) electrons. The normalized spacial score (nSPS) is 12.7. The van der Waals surface area contributed by atoms with Gasteiger partial charge in [-0.25, -0.2) is 9.59 Å². The van der Waals surface area contributed by atoms with E-state index < -0.39 is 18.0 Å². The lowest BCUT2D eigenvalue weighted by Crippen LogP contribution is -2.23. The molecule has 5 heteroatoms. The summed E-state index contributed by atoms with van der Waals surface area (Å²) in [5, 5.41) is 8.99. The van der Waals surface area contributed by atoms with Crippen LogP contribution >= 0.6 is 0 Å². The zero-order valence-electron chi connectivity index (χ0n) is 10.1. The predicted octanol–water partition coefficient (Wildman–Crippen LogP) is 1.69.